The summed E-state index contributed by atoms with van der Waals surface area (Å²) in [4.78, 5) is 16.6. The number of nitrogens with one attached hydrogen (secondary N) is 1. The Balaban J connectivity index is 1.05. The van der Waals surface area contributed by atoms with Gasteiger partial charge in [0.15, 0.2) is 5.69 Å². The molecule has 6 rings (SSSR count). The summed E-state index contributed by atoms with van der Waals surface area (Å²) in [6.07, 6.45) is 9.32. The van der Waals surface area contributed by atoms with Crippen molar-refractivity contribution in [3.05, 3.63) is 106 Å². The molecule has 1 aromatic carbocycles. The van der Waals surface area contributed by atoms with E-state index in [0.29, 0.717) is 30.3 Å². The van der Waals surface area contributed by atoms with Gasteiger partial charge in [-0.05, 0) is 79.5 Å². The molecule has 194 valence electrons. The molecular formula is C30H28N8O. The zero-order valence-electron chi connectivity index (χ0n) is 21.5. The number of carbonyl (C=O) groups excluding carboxylic acids is 1. The van der Waals surface area contributed by atoms with Crippen LogP contribution in [0.15, 0.2) is 66.5 Å². The lowest BCUT2D eigenvalue weighted by molar-refractivity contribution is 0.0945. The van der Waals surface area contributed by atoms with Gasteiger partial charge in [0.05, 0.1) is 41.5 Å². The third-order valence-corrected chi connectivity index (χ3v) is 7.24. The van der Waals surface area contributed by atoms with Crippen LogP contribution in [0.3, 0.4) is 0 Å². The number of carbonyl (C=O) groups is 1. The predicted molar refractivity (Wildman–Crippen MR) is 144 cm³/mol. The predicted octanol–water partition coefficient (Wildman–Crippen LogP) is 4.06. The molecular weight excluding hydrogens is 488 g/mol. The van der Waals surface area contributed by atoms with Gasteiger partial charge < -0.3 is 5.32 Å². The van der Waals surface area contributed by atoms with Crippen LogP contribution in [0.25, 0.3) is 5.57 Å². The van der Waals surface area contributed by atoms with Gasteiger partial charge in [-0.1, -0.05) is 29.0 Å². The smallest absolute Gasteiger partial charge is 0.273 e. The van der Waals surface area contributed by atoms with Crippen molar-refractivity contribution in [3.63, 3.8) is 0 Å². The number of unbranched alkanes of at least 4 members (excludes halogenated alkanes) is 1. The number of allylic oxidation sites excluding steroid dienone is 1. The Bertz CT molecular complexity index is 1560. The maximum Gasteiger partial charge on any atom is 0.273 e. The molecule has 9 heteroatoms. The first kappa shape index (κ1) is 24.6. The van der Waals surface area contributed by atoms with E-state index in [9.17, 15) is 10.1 Å². The van der Waals surface area contributed by atoms with Gasteiger partial charge in [0.2, 0.25) is 0 Å². The van der Waals surface area contributed by atoms with E-state index in [4.69, 9.17) is 0 Å². The summed E-state index contributed by atoms with van der Waals surface area (Å²) in [5.74, 6) is 0.370. The van der Waals surface area contributed by atoms with Gasteiger partial charge in [-0.3, -0.25) is 14.5 Å². The second-order valence-corrected chi connectivity index (χ2v) is 10.1. The van der Waals surface area contributed by atoms with E-state index in [1.807, 2.05) is 30.3 Å². The van der Waals surface area contributed by atoms with Gasteiger partial charge in [0.1, 0.15) is 0 Å². The highest BCUT2D eigenvalue weighted by molar-refractivity contribution is 5.91. The molecule has 1 amide bonds. The van der Waals surface area contributed by atoms with Gasteiger partial charge >= 0.3 is 0 Å². The van der Waals surface area contributed by atoms with E-state index in [1.54, 1.807) is 17.1 Å². The van der Waals surface area contributed by atoms with Crippen LogP contribution < -0.4 is 5.32 Å². The van der Waals surface area contributed by atoms with Crippen molar-refractivity contribution < 1.29 is 4.79 Å². The number of rotatable bonds is 10. The quantitative estimate of drug-likeness (QED) is 0.315. The van der Waals surface area contributed by atoms with Crippen LogP contribution in [0, 0.1) is 17.2 Å². The summed E-state index contributed by atoms with van der Waals surface area (Å²) < 4.78 is 1.71. The van der Waals surface area contributed by atoms with Crippen LogP contribution in [0.1, 0.15) is 69.9 Å². The van der Waals surface area contributed by atoms with Crippen molar-refractivity contribution in [1.82, 2.24) is 35.5 Å². The first-order valence-corrected chi connectivity index (χ1v) is 13.4. The number of hydrogen-bond donors (Lipinski definition) is 1. The number of aromatic nitrogens is 6. The van der Waals surface area contributed by atoms with E-state index in [-0.39, 0.29) is 5.91 Å². The van der Waals surface area contributed by atoms with Gasteiger partial charge in [0.25, 0.3) is 5.91 Å². The summed E-state index contributed by atoms with van der Waals surface area (Å²) in [6.45, 7) is 1.01. The molecule has 0 unspecified atom stereocenters. The van der Waals surface area contributed by atoms with Crippen LogP contribution in [-0.4, -0.2) is 36.1 Å². The van der Waals surface area contributed by atoms with Crippen molar-refractivity contribution in [3.8, 4) is 6.07 Å². The van der Waals surface area contributed by atoms with Gasteiger partial charge in [0, 0.05) is 24.7 Å². The largest absolute Gasteiger partial charge is 0.345 e. The minimum absolute atomic E-state index is 0.267. The standard InChI is InChI=1S/C30H28N8O/c31-17-20-7-9-22(10-8-20)29-25(21-11-12-21)16-27-26(29)15-23(34-35-27)5-2-4-14-38-19-28(36-37-38)30(39)33-18-24-6-1-3-13-32-24/h1,3,6-10,13,15,19,21H,2,4-5,11-12,14,16,18H2,(H,33,39). The minimum atomic E-state index is -0.267. The van der Waals surface area contributed by atoms with Crippen LogP contribution in [-0.2, 0) is 25.9 Å². The summed E-state index contributed by atoms with van der Waals surface area (Å²) >= 11 is 0. The maximum absolute atomic E-state index is 12.4. The van der Waals surface area contributed by atoms with Crippen LogP contribution >= 0.6 is 0 Å². The molecule has 1 saturated carbocycles. The van der Waals surface area contributed by atoms with Crippen LogP contribution in [0.4, 0.5) is 0 Å². The summed E-state index contributed by atoms with van der Waals surface area (Å²) in [5.41, 5.74) is 8.87. The number of nitriles is 1. The Hall–Kier alpha value is -4.71. The molecule has 0 spiro atoms. The van der Waals surface area contributed by atoms with Crippen molar-refractivity contribution in [2.75, 3.05) is 0 Å². The lowest BCUT2D eigenvalue weighted by Gasteiger charge is -2.10. The Labute approximate surface area is 226 Å². The Kier molecular flexibility index (Phi) is 6.91. The molecule has 0 saturated heterocycles. The lowest BCUT2D eigenvalue weighted by atomic mass is 9.95. The average molecular weight is 517 g/mol. The fraction of sp³-hybridized carbons (Fsp3) is 0.300. The van der Waals surface area contributed by atoms with Crippen molar-refractivity contribution in [2.24, 2.45) is 5.92 Å². The summed E-state index contributed by atoms with van der Waals surface area (Å²) in [5, 5.41) is 29.3. The second-order valence-electron chi connectivity index (χ2n) is 10.1. The molecule has 4 aromatic rings. The highest BCUT2D eigenvalue weighted by atomic mass is 16.2. The van der Waals surface area contributed by atoms with Crippen molar-refractivity contribution in [2.45, 2.75) is 51.6 Å². The van der Waals surface area contributed by atoms with Gasteiger partial charge in [-0.15, -0.1) is 5.10 Å². The van der Waals surface area contributed by atoms with Crippen LogP contribution in [0.2, 0.25) is 0 Å². The topological polar surface area (TPSA) is 122 Å². The number of fused-ring (bicyclic) bond motifs is 1. The first-order valence-electron chi connectivity index (χ1n) is 13.4. The first-order chi connectivity index (χ1) is 19.2. The van der Waals surface area contributed by atoms with Gasteiger partial charge in [-0.25, -0.2) is 0 Å². The Morgan fingerprint density at radius 1 is 1.05 bits per heavy atom. The van der Waals surface area contributed by atoms with E-state index in [1.165, 1.54) is 29.6 Å². The Morgan fingerprint density at radius 3 is 2.69 bits per heavy atom. The molecule has 0 atom stereocenters. The summed E-state index contributed by atoms with van der Waals surface area (Å²) in [6, 6.07) is 17.9. The molecule has 0 radical (unpaired) electrons. The molecule has 3 heterocycles. The monoisotopic (exact) mass is 516 g/mol. The fourth-order valence-electron chi connectivity index (χ4n) is 5.06. The highest BCUT2D eigenvalue weighted by Crippen LogP contribution is 2.48. The third-order valence-electron chi connectivity index (χ3n) is 7.24. The van der Waals surface area contributed by atoms with Gasteiger partial charge in [-0.2, -0.15) is 15.5 Å². The number of hydrogen-bond acceptors (Lipinski definition) is 7. The SMILES string of the molecule is N#Cc1ccc(C2=C(C3CC3)Cc3nnc(CCCCn4cc(C(=O)NCc5ccccn5)nn4)cc32)cc1. The molecule has 1 N–H and O–H groups in total. The number of pyridine rings is 1. The van der Waals surface area contributed by atoms with E-state index < -0.39 is 0 Å². The average Bonchev–Trinajstić information content (AvgIpc) is 3.60. The Morgan fingerprint density at radius 2 is 1.92 bits per heavy atom. The molecule has 39 heavy (non-hydrogen) atoms. The highest BCUT2D eigenvalue weighted by Gasteiger charge is 2.35. The molecule has 3 aromatic heterocycles. The molecule has 0 bridgehead atoms. The van der Waals surface area contributed by atoms with E-state index in [0.717, 1.165) is 48.3 Å². The summed E-state index contributed by atoms with van der Waals surface area (Å²) in [7, 11) is 0. The lowest BCUT2D eigenvalue weighted by Crippen LogP contribution is -2.23. The van der Waals surface area contributed by atoms with E-state index >= 15 is 0 Å². The zero-order chi connectivity index (χ0) is 26.6. The number of nitrogens with zero attached hydrogens (tertiary/aromatic N) is 7. The minimum Gasteiger partial charge on any atom is -0.345 e. The molecule has 0 aliphatic heterocycles. The molecule has 2 aliphatic carbocycles. The van der Waals surface area contributed by atoms with Crippen molar-refractivity contribution >= 4 is 11.5 Å². The number of amides is 1. The molecule has 9 nitrogen and oxygen atoms in total. The molecule has 2 aliphatic rings. The number of benzene rings is 1. The maximum atomic E-state index is 12.4. The fourth-order valence-corrected chi connectivity index (χ4v) is 5.06. The van der Waals surface area contributed by atoms with E-state index in [2.05, 4.69) is 55.1 Å². The van der Waals surface area contributed by atoms with Crippen molar-refractivity contribution in [1.29, 1.82) is 5.26 Å². The normalized spacial score (nSPS) is 14.2. The zero-order valence-corrected chi connectivity index (χ0v) is 21.5. The third kappa shape index (κ3) is 5.60. The second kappa shape index (κ2) is 11.0. The number of aryl methyl sites for hydroxylation is 2. The van der Waals surface area contributed by atoms with Crippen LogP contribution in [0.5, 0.6) is 0 Å². The molecule has 1 fully saturated rings.